The summed E-state index contributed by atoms with van der Waals surface area (Å²) in [5, 5.41) is 2.97. The van der Waals surface area contributed by atoms with Crippen LogP contribution in [0, 0.1) is 0 Å². The first kappa shape index (κ1) is 18.0. The standard InChI is InChI=1S/C18H22N2O3S/c1-18(2,13-14-9-5-4-6-10-14)19-17(21)15-11-7-8-12-16(15)20-24(3,22)23/h4-12,20H,13H2,1-3H3,(H,19,21). The number of carbonyl (C=O) groups excluding carboxylic acids is 1. The third kappa shape index (κ3) is 5.38. The lowest BCUT2D eigenvalue weighted by atomic mass is 9.94. The van der Waals surface area contributed by atoms with E-state index in [9.17, 15) is 13.2 Å². The molecule has 6 heteroatoms. The van der Waals surface area contributed by atoms with Crippen molar-refractivity contribution in [1.29, 1.82) is 0 Å². The summed E-state index contributed by atoms with van der Waals surface area (Å²) in [6, 6.07) is 16.4. The second-order valence-electron chi connectivity index (χ2n) is 6.42. The van der Waals surface area contributed by atoms with Gasteiger partial charge >= 0.3 is 0 Å². The van der Waals surface area contributed by atoms with Gasteiger partial charge in [-0.05, 0) is 38.0 Å². The summed E-state index contributed by atoms with van der Waals surface area (Å²) in [6.07, 6.45) is 1.72. The van der Waals surface area contributed by atoms with E-state index in [1.165, 1.54) is 0 Å². The highest BCUT2D eigenvalue weighted by molar-refractivity contribution is 7.92. The molecule has 0 bridgehead atoms. The SMILES string of the molecule is CC(C)(Cc1ccccc1)NC(=O)c1ccccc1NS(C)(=O)=O. The molecule has 0 saturated carbocycles. The molecule has 0 aliphatic rings. The topological polar surface area (TPSA) is 75.3 Å². The van der Waals surface area contributed by atoms with E-state index in [4.69, 9.17) is 0 Å². The average Bonchev–Trinajstić information content (AvgIpc) is 2.46. The first-order valence-electron chi connectivity index (χ1n) is 7.59. The fourth-order valence-electron chi connectivity index (χ4n) is 2.49. The number of rotatable bonds is 6. The maximum atomic E-state index is 12.6. The molecule has 0 unspecified atom stereocenters. The van der Waals surface area contributed by atoms with Gasteiger partial charge in [-0.1, -0.05) is 42.5 Å². The lowest BCUT2D eigenvalue weighted by molar-refractivity contribution is 0.0914. The van der Waals surface area contributed by atoms with Gasteiger partial charge in [-0.2, -0.15) is 0 Å². The normalized spacial score (nSPS) is 11.8. The number of hydrogen-bond donors (Lipinski definition) is 2. The third-order valence-corrected chi connectivity index (χ3v) is 4.00. The van der Waals surface area contributed by atoms with Gasteiger partial charge < -0.3 is 5.32 Å². The minimum atomic E-state index is -3.46. The summed E-state index contributed by atoms with van der Waals surface area (Å²) >= 11 is 0. The summed E-state index contributed by atoms with van der Waals surface area (Å²) in [4.78, 5) is 12.6. The molecule has 0 aliphatic heterocycles. The van der Waals surface area contributed by atoms with Gasteiger partial charge in [0.1, 0.15) is 0 Å². The molecule has 2 rings (SSSR count). The highest BCUT2D eigenvalue weighted by Gasteiger charge is 2.23. The van der Waals surface area contributed by atoms with Crippen molar-refractivity contribution in [3.8, 4) is 0 Å². The molecular weight excluding hydrogens is 324 g/mol. The van der Waals surface area contributed by atoms with Crippen molar-refractivity contribution in [3.63, 3.8) is 0 Å². The van der Waals surface area contributed by atoms with Crippen molar-refractivity contribution in [2.45, 2.75) is 25.8 Å². The van der Waals surface area contributed by atoms with Crippen LogP contribution < -0.4 is 10.0 Å². The Bertz CT molecular complexity index is 815. The van der Waals surface area contributed by atoms with Crippen LogP contribution in [0.1, 0.15) is 29.8 Å². The highest BCUT2D eigenvalue weighted by atomic mass is 32.2. The van der Waals surface area contributed by atoms with E-state index in [1.807, 2.05) is 44.2 Å². The fraction of sp³-hybridized carbons (Fsp3) is 0.278. The second-order valence-corrected chi connectivity index (χ2v) is 8.17. The van der Waals surface area contributed by atoms with E-state index >= 15 is 0 Å². The molecule has 0 spiro atoms. The highest BCUT2D eigenvalue weighted by Crippen LogP contribution is 2.19. The van der Waals surface area contributed by atoms with Crippen LogP contribution in [0.4, 0.5) is 5.69 Å². The molecule has 0 aliphatic carbocycles. The van der Waals surface area contributed by atoms with Gasteiger partial charge in [0.05, 0.1) is 17.5 Å². The van der Waals surface area contributed by atoms with Crippen LogP contribution in [0.3, 0.4) is 0 Å². The molecule has 2 N–H and O–H groups in total. The summed E-state index contributed by atoms with van der Waals surface area (Å²) in [5.74, 6) is -0.317. The molecule has 2 aromatic rings. The van der Waals surface area contributed by atoms with Crippen molar-refractivity contribution in [2.24, 2.45) is 0 Å². The van der Waals surface area contributed by atoms with Crippen molar-refractivity contribution in [1.82, 2.24) is 5.32 Å². The van der Waals surface area contributed by atoms with Gasteiger partial charge in [0.25, 0.3) is 5.91 Å². The fourth-order valence-corrected chi connectivity index (χ4v) is 3.07. The number of para-hydroxylation sites is 1. The average molecular weight is 346 g/mol. The van der Waals surface area contributed by atoms with E-state index in [1.54, 1.807) is 24.3 Å². The van der Waals surface area contributed by atoms with Gasteiger partial charge in [-0.3, -0.25) is 9.52 Å². The smallest absolute Gasteiger partial charge is 0.253 e. The Hall–Kier alpha value is -2.34. The van der Waals surface area contributed by atoms with Crippen LogP contribution in [0.2, 0.25) is 0 Å². The van der Waals surface area contributed by atoms with Gasteiger partial charge in [0.2, 0.25) is 10.0 Å². The molecule has 1 amide bonds. The molecule has 0 aromatic heterocycles. The van der Waals surface area contributed by atoms with Crippen molar-refractivity contribution in [3.05, 3.63) is 65.7 Å². The van der Waals surface area contributed by atoms with Crippen molar-refractivity contribution >= 4 is 21.6 Å². The van der Waals surface area contributed by atoms with Gasteiger partial charge in [0.15, 0.2) is 0 Å². The maximum Gasteiger partial charge on any atom is 0.253 e. The Morgan fingerprint density at radius 1 is 1.00 bits per heavy atom. The number of amides is 1. The molecule has 0 fully saturated rings. The number of hydrogen-bond acceptors (Lipinski definition) is 3. The Kier molecular flexibility index (Phi) is 5.29. The summed E-state index contributed by atoms with van der Waals surface area (Å²) in [5.41, 5.74) is 1.21. The van der Waals surface area contributed by atoms with Crippen LogP contribution >= 0.6 is 0 Å². The summed E-state index contributed by atoms with van der Waals surface area (Å²) in [7, 11) is -3.46. The molecule has 0 radical (unpaired) electrons. The zero-order valence-electron chi connectivity index (χ0n) is 14.0. The second kappa shape index (κ2) is 7.05. The van der Waals surface area contributed by atoms with Crippen molar-refractivity contribution < 1.29 is 13.2 Å². The van der Waals surface area contributed by atoms with E-state index < -0.39 is 15.6 Å². The van der Waals surface area contributed by atoms with E-state index in [0.717, 1.165) is 11.8 Å². The van der Waals surface area contributed by atoms with Crippen LogP contribution in [-0.4, -0.2) is 26.1 Å². The molecule has 0 heterocycles. The first-order valence-corrected chi connectivity index (χ1v) is 9.49. The van der Waals surface area contributed by atoms with E-state index in [2.05, 4.69) is 10.0 Å². The predicted molar refractivity (Wildman–Crippen MR) is 96.6 cm³/mol. The molecule has 128 valence electrons. The Labute approximate surface area is 143 Å². The predicted octanol–water partition coefficient (Wildman–Crippen LogP) is 2.81. The zero-order chi connectivity index (χ0) is 17.8. The molecule has 0 saturated heterocycles. The number of nitrogens with one attached hydrogen (secondary N) is 2. The maximum absolute atomic E-state index is 12.6. The minimum absolute atomic E-state index is 0.271. The van der Waals surface area contributed by atoms with Gasteiger partial charge in [0, 0.05) is 5.54 Å². The molecule has 5 nitrogen and oxygen atoms in total. The van der Waals surface area contributed by atoms with Gasteiger partial charge in [-0.15, -0.1) is 0 Å². The molecular formula is C18H22N2O3S. The van der Waals surface area contributed by atoms with E-state index in [-0.39, 0.29) is 11.6 Å². The number of benzene rings is 2. The van der Waals surface area contributed by atoms with E-state index in [0.29, 0.717) is 12.0 Å². The van der Waals surface area contributed by atoms with Crippen LogP contribution in [0.25, 0.3) is 0 Å². The Morgan fingerprint density at radius 2 is 1.58 bits per heavy atom. The number of carbonyl (C=O) groups is 1. The molecule has 24 heavy (non-hydrogen) atoms. The lowest BCUT2D eigenvalue weighted by Gasteiger charge is -2.27. The minimum Gasteiger partial charge on any atom is -0.347 e. The Morgan fingerprint density at radius 3 is 2.21 bits per heavy atom. The lowest BCUT2D eigenvalue weighted by Crippen LogP contribution is -2.45. The first-order chi connectivity index (χ1) is 11.2. The molecule has 0 atom stereocenters. The summed E-state index contributed by atoms with van der Waals surface area (Å²) in [6.45, 7) is 3.87. The van der Waals surface area contributed by atoms with Crippen molar-refractivity contribution in [2.75, 3.05) is 11.0 Å². The van der Waals surface area contributed by atoms with Crippen LogP contribution in [0.15, 0.2) is 54.6 Å². The largest absolute Gasteiger partial charge is 0.347 e. The third-order valence-electron chi connectivity index (χ3n) is 3.41. The Balaban J connectivity index is 2.17. The number of sulfonamides is 1. The monoisotopic (exact) mass is 346 g/mol. The van der Waals surface area contributed by atoms with Crippen LogP contribution in [0.5, 0.6) is 0 Å². The summed E-state index contributed by atoms with van der Waals surface area (Å²) < 4.78 is 25.3. The zero-order valence-corrected chi connectivity index (χ0v) is 14.9. The number of anilines is 1. The molecule has 2 aromatic carbocycles. The van der Waals surface area contributed by atoms with Crippen LogP contribution in [-0.2, 0) is 16.4 Å². The van der Waals surface area contributed by atoms with Gasteiger partial charge in [-0.25, -0.2) is 8.42 Å². The quantitative estimate of drug-likeness (QED) is 0.844.